The smallest absolute Gasteiger partial charge is 0.165 e. The van der Waals surface area contributed by atoms with E-state index in [0.717, 1.165) is 5.75 Å². The third kappa shape index (κ3) is 2.74. The molecule has 2 N–H and O–H groups in total. The van der Waals surface area contributed by atoms with Crippen LogP contribution in [-0.2, 0) is 6.54 Å². The van der Waals surface area contributed by atoms with E-state index in [1.54, 1.807) is 23.0 Å². The Morgan fingerprint density at radius 2 is 2.00 bits per heavy atom. The van der Waals surface area contributed by atoms with Gasteiger partial charge in [0, 0.05) is 11.6 Å². The van der Waals surface area contributed by atoms with E-state index in [2.05, 4.69) is 5.10 Å². The summed E-state index contributed by atoms with van der Waals surface area (Å²) in [6.07, 6.45) is 3.46. The Morgan fingerprint density at radius 3 is 2.69 bits per heavy atom. The molecule has 1 aromatic carbocycles. The van der Waals surface area contributed by atoms with Gasteiger partial charge in [-0.05, 0) is 24.3 Å². The molecule has 0 atom stereocenters. The SMILES string of the molecule is NCCn1cc(Oc2ccc(Cl)cc2)cn1. The van der Waals surface area contributed by atoms with E-state index in [0.29, 0.717) is 23.9 Å². The molecule has 0 aliphatic heterocycles. The molecule has 0 unspecified atom stereocenters. The van der Waals surface area contributed by atoms with Crippen molar-refractivity contribution in [1.29, 1.82) is 0 Å². The van der Waals surface area contributed by atoms with Gasteiger partial charge in [0.1, 0.15) is 5.75 Å². The molecule has 84 valence electrons. The maximum atomic E-state index is 5.77. The molecule has 2 aromatic rings. The predicted molar refractivity (Wildman–Crippen MR) is 62.8 cm³/mol. The van der Waals surface area contributed by atoms with Crippen LogP contribution in [0.25, 0.3) is 0 Å². The highest BCUT2D eigenvalue weighted by atomic mass is 35.5. The van der Waals surface area contributed by atoms with Gasteiger partial charge in [0.05, 0.1) is 18.9 Å². The fourth-order valence-electron chi connectivity index (χ4n) is 1.29. The number of benzene rings is 1. The molecule has 16 heavy (non-hydrogen) atoms. The van der Waals surface area contributed by atoms with Crippen molar-refractivity contribution < 1.29 is 4.74 Å². The van der Waals surface area contributed by atoms with Gasteiger partial charge in [0.15, 0.2) is 5.75 Å². The van der Waals surface area contributed by atoms with E-state index in [4.69, 9.17) is 22.1 Å². The number of aromatic nitrogens is 2. The first kappa shape index (κ1) is 11.0. The quantitative estimate of drug-likeness (QED) is 0.888. The maximum absolute atomic E-state index is 5.77. The van der Waals surface area contributed by atoms with Crippen molar-refractivity contribution >= 4 is 11.6 Å². The van der Waals surface area contributed by atoms with Crippen LogP contribution in [0.3, 0.4) is 0 Å². The van der Waals surface area contributed by atoms with Crippen LogP contribution in [0, 0.1) is 0 Å². The number of hydrogen-bond acceptors (Lipinski definition) is 3. The summed E-state index contributed by atoms with van der Waals surface area (Å²) in [5, 5.41) is 4.79. The Hall–Kier alpha value is -1.52. The standard InChI is InChI=1S/C11H12ClN3O/c12-9-1-3-10(4-2-9)16-11-7-14-15(8-11)6-5-13/h1-4,7-8H,5-6,13H2. The lowest BCUT2D eigenvalue weighted by molar-refractivity contribution is 0.481. The molecule has 0 saturated heterocycles. The zero-order valence-electron chi connectivity index (χ0n) is 8.64. The minimum Gasteiger partial charge on any atom is -0.454 e. The highest BCUT2D eigenvalue weighted by Gasteiger charge is 2.00. The highest BCUT2D eigenvalue weighted by Crippen LogP contribution is 2.22. The summed E-state index contributed by atoms with van der Waals surface area (Å²) in [4.78, 5) is 0. The molecule has 0 amide bonds. The number of halogens is 1. The average Bonchev–Trinajstić information content (AvgIpc) is 2.70. The fraction of sp³-hybridized carbons (Fsp3) is 0.182. The van der Waals surface area contributed by atoms with Crippen LogP contribution < -0.4 is 10.5 Å². The second-order valence-electron chi connectivity index (χ2n) is 3.28. The first-order chi connectivity index (χ1) is 7.78. The van der Waals surface area contributed by atoms with Crippen molar-refractivity contribution in [3.05, 3.63) is 41.7 Å². The molecule has 1 heterocycles. The van der Waals surface area contributed by atoms with Crippen molar-refractivity contribution in [2.45, 2.75) is 6.54 Å². The van der Waals surface area contributed by atoms with Crippen LogP contribution in [0.4, 0.5) is 0 Å². The minimum absolute atomic E-state index is 0.558. The summed E-state index contributed by atoms with van der Waals surface area (Å²) in [6, 6.07) is 7.17. The van der Waals surface area contributed by atoms with Gasteiger partial charge in [0.25, 0.3) is 0 Å². The summed E-state index contributed by atoms with van der Waals surface area (Å²) >= 11 is 5.77. The Labute approximate surface area is 98.6 Å². The molecular weight excluding hydrogens is 226 g/mol. The van der Waals surface area contributed by atoms with Crippen molar-refractivity contribution in [1.82, 2.24) is 9.78 Å². The van der Waals surface area contributed by atoms with Crippen LogP contribution in [0.1, 0.15) is 0 Å². The molecule has 0 fully saturated rings. The number of nitrogens with two attached hydrogens (primary N) is 1. The molecule has 4 nitrogen and oxygen atoms in total. The summed E-state index contributed by atoms with van der Waals surface area (Å²) in [6.45, 7) is 1.24. The minimum atomic E-state index is 0.558. The molecule has 0 aliphatic carbocycles. The van der Waals surface area contributed by atoms with Crippen LogP contribution in [0.5, 0.6) is 11.5 Å². The molecule has 5 heteroatoms. The highest BCUT2D eigenvalue weighted by molar-refractivity contribution is 6.30. The summed E-state index contributed by atoms with van der Waals surface area (Å²) in [5.41, 5.74) is 5.42. The fourth-order valence-corrected chi connectivity index (χ4v) is 1.42. The number of ether oxygens (including phenoxy) is 1. The Kier molecular flexibility index (Phi) is 3.44. The molecule has 0 aliphatic rings. The second kappa shape index (κ2) is 5.01. The molecule has 0 saturated carbocycles. The van der Waals surface area contributed by atoms with Crippen LogP contribution >= 0.6 is 11.6 Å². The number of nitrogens with zero attached hydrogens (tertiary/aromatic N) is 2. The predicted octanol–water partition coefficient (Wildman–Crippen LogP) is 2.29. The van der Waals surface area contributed by atoms with Crippen LogP contribution in [0.15, 0.2) is 36.7 Å². The lowest BCUT2D eigenvalue weighted by Gasteiger charge is -2.01. The van der Waals surface area contributed by atoms with Crippen molar-refractivity contribution in [3.8, 4) is 11.5 Å². The summed E-state index contributed by atoms with van der Waals surface area (Å²) < 4.78 is 7.32. The van der Waals surface area contributed by atoms with Crippen molar-refractivity contribution in [3.63, 3.8) is 0 Å². The topological polar surface area (TPSA) is 53.1 Å². The number of hydrogen-bond donors (Lipinski definition) is 1. The van der Waals surface area contributed by atoms with E-state index in [-0.39, 0.29) is 0 Å². The van der Waals surface area contributed by atoms with Crippen molar-refractivity contribution in [2.24, 2.45) is 5.73 Å². The molecular formula is C11H12ClN3O. The van der Waals surface area contributed by atoms with Gasteiger partial charge in [0.2, 0.25) is 0 Å². The first-order valence-electron chi connectivity index (χ1n) is 4.94. The van der Waals surface area contributed by atoms with Gasteiger partial charge >= 0.3 is 0 Å². The molecule has 1 aromatic heterocycles. The lowest BCUT2D eigenvalue weighted by atomic mass is 10.3. The Morgan fingerprint density at radius 1 is 1.25 bits per heavy atom. The Bertz CT molecular complexity index is 453. The Balaban J connectivity index is 2.05. The zero-order valence-corrected chi connectivity index (χ0v) is 9.39. The molecule has 0 radical (unpaired) electrons. The lowest BCUT2D eigenvalue weighted by Crippen LogP contribution is -2.09. The van der Waals surface area contributed by atoms with E-state index in [1.807, 2.05) is 18.3 Å². The maximum Gasteiger partial charge on any atom is 0.165 e. The molecule has 0 spiro atoms. The van der Waals surface area contributed by atoms with Crippen LogP contribution in [0.2, 0.25) is 5.02 Å². The van der Waals surface area contributed by atoms with Crippen LogP contribution in [-0.4, -0.2) is 16.3 Å². The van der Waals surface area contributed by atoms with Gasteiger partial charge in [-0.15, -0.1) is 0 Å². The number of rotatable bonds is 4. The van der Waals surface area contributed by atoms with Gasteiger partial charge in [-0.25, -0.2) is 0 Å². The largest absolute Gasteiger partial charge is 0.454 e. The molecule has 0 bridgehead atoms. The van der Waals surface area contributed by atoms with Gasteiger partial charge in [-0.3, -0.25) is 4.68 Å². The van der Waals surface area contributed by atoms with Crippen molar-refractivity contribution in [2.75, 3.05) is 6.54 Å². The van der Waals surface area contributed by atoms with E-state index in [9.17, 15) is 0 Å². The van der Waals surface area contributed by atoms with E-state index in [1.165, 1.54) is 0 Å². The monoisotopic (exact) mass is 237 g/mol. The van der Waals surface area contributed by atoms with Gasteiger partial charge < -0.3 is 10.5 Å². The summed E-state index contributed by atoms with van der Waals surface area (Å²) in [7, 11) is 0. The average molecular weight is 238 g/mol. The molecule has 2 rings (SSSR count). The third-order valence-electron chi connectivity index (χ3n) is 2.02. The zero-order chi connectivity index (χ0) is 11.4. The van der Waals surface area contributed by atoms with Gasteiger partial charge in [-0.1, -0.05) is 11.6 Å². The third-order valence-corrected chi connectivity index (χ3v) is 2.27. The van der Waals surface area contributed by atoms with Gasteiger partial charge in [-0.2, -0.15) is 5.10 Å². The van der Waals surface area contributed by atoms with E-state index < -0.39 is 0 Å². The summed E-state index contributed by atoms with van der Waals surface area (Å²) in [5.74, 6) is 1.42. The van der Waals surface area contributed by atoms with E-state index >= 15 is 0 Å². The second-order valence-corrected chi connectivity index (χ2v) is 3.72. The normalized spacial score (nSPS) is 10.4. The first-order valence-corrected chi connectivity index (χ1v) is 5.31.